The smallest absolute Gasteiger partial charge is 0.0982 e. The molecule has 0 aliphatic rings. The molecule has 1 heterocycles. The second-order valence-corrected chi connectivity index (χ2v) is 6.70. The van der Waals surface area contributed by atoms with Crippen LogP contribution in [-0.4, -0.2) is 11.5 Å². The first-order valence-corrected chi connectivity index (χ1v) is 7.47. The summed E-state index contributed by atoms with van der Waals surface area (Å²) >= 11 is 5.24. The van der Waals surface area contributed by atoms with Gasteiger partial charge in [0.15, 0.2) is 0 Å². The van der Waals surface area contributed by atoms with E-state index < -0.39 is 0 Å². The third kappa shape index (κ3) is 3.06. The first-order chi connectivity index (χ1) is 8.10. The molecule has 2 rings (SSSR count). The molecule has 1 aromatic heterocycles. The largest absolute Gasteiger partial charge is 0.330 e. The number of hydrogen-bond acceptors (Lipinski definition) is 3. The van der Waals surface area contributed by atoms with E-state index in [4.69, 9.17) is 10.7 Å². The van der Waals surface area contributed by atoms with Crippen LogP contribution < -0.4 is 5.73 Å². The lowest BCUT2D eigenvalue weighted by molar-refractivity contribution is 0.503. The van der Waals surface area contributed by atoms with Gasteiger partial charge in [-0.15, -0.1) is 11.3 Å². The van der Waals surface area contributed by atoms with E-state index in [-0.39, 0.29) is 0 Å². The summed E-state index contributed by atoms with van der Waals surface area (Å²) in [5.41, 5.74) is 6.93. The zero-order valence-corrected chi connectivity index (χ0v) is 12.5. The Balaban J connectivity index is 2.34. The molecule has 1 aromatic carbocycles. The maximum atomic E-state index is 5.86. The van der Waals surface area contributed by atoms with Crippen LogP contribution in [0.15, 0.2) is 22.7 Å². The van der Waals surface area contributed by atoms with E-state index in [0.29, 0.717) is 18.4 Å². The van der Waals surface area contributed by atoms with Gasteiger partial charge in [0.2, 0.25) is 0 Å². The van der Waals surface area contributed by atoms with E-state index in [1.807, 2.05) is 0 Å². The van der Waals surface area contributed by atoms with Crippen LogP contribution in [0.4, 0.5) is 0 Å². The summed E-state index contributed by atoms with van der Waals surface area (Å²) in [6.45, 7) is 5.14. The number of aromatic nitrogens is 1. The van der Waals surface area contributed by atoms with Gasteiger partial charge < -0.3 is 5.73 Å². The van der Waals surface area contributed by atoms with Crippen LogP contribution in [0.5, 0.6) is 0 Å². The zero-order chi connectivity index (χ0) is 12.4. The highest BCUT2D eigenvalue weighted by Crippen LogP contribution is 2.31. The summed E-state index contributed by atoms with van der Waals surface area (Å²) in [6, 6.07) is 6.24. The molecule has 0 aliphatic carbocycles. The third-order valence-corrected chi connectivity index (χ3v) is 4.45. The van der Waals surface area contributed by atoms with E-state index in [9.17, 15) is 0 Å². The van der Waals surface area contributed by atoms with Crippen molar-refractivity contribution in [3.8, 4) is 0 Å². The van der Waals surface area contributed by atoms with Gasteiger partial charge in [-0.1, -0.05) is 29.8 Å². The van der Waals surface area contributed by atoms with Gasteiger partial charge in [0.1, 0.15) is 0 Å². The molecule has 0 fully saturated rings. The van der Waals surface area contributed by atoms with Crippen LogP contribution in [0.25, 0.3) is 10.2 Å². The number of thiazole rings is 1. The van der Waals surface area contributed by atoms with Crippen molar-refractivity contribution in [2.75, 3.05) is 6.54 Å². The Morgan fingerprint density at radius 3 is 2.82 bits per heavy atom. The fraction of sp³-hybridized carbons (Fsp3) is 0.462. The first-order valence-electron chi connectivity index (χ1n) is 5.86. The van der Waals surface area contributed by atoms with Gasteiger partial charge >= 0.3 is 0 Å². The molecule has 4 heteroatoms. The quantitative estimate of drug-likeness (QED) is 0.921. The molecule has 0 bridgehead atoms. The fourth-order valence-corrected chi connectivity index (χ4v) is 3.38. The second-order valence-electron chi connectivity index (χ2n) is 4.73. The molecule has 1 unspecified atom stereocenters. The normalized spacial score (nSPS) is 13.5. The number of nitrogens with two attached hydrogens (primary N) is 1. The predicted molar refractivity (Wildman–Crippen MR) is 78.6 cm³/mol. The van der Waals surface area contributed by atoms with Crippen molar-refractivity contribution in [2.45, 2.75) is 26.2 Å². The average Bonchev–Trinajstić information content (AvgIpc) is 2.68. The number of rotatable bonds is 4. The molecule has 0 spiro atoms. The van der Waals surface area contributed by atoms with Crippen LogP contribution in [-0.2, 0) is 0 Å². The summed E-state index contributed by atoms with van der Waals surface area (Å²) < 4.78 is 2.32. The van der Waals surface area contributed by atoms with E-state index in [1.54, 1.807) is 11.3 Å². The highest BCUT2D eigenvalue weighted by molar-refractivity contribution is 9.10. The van der Waals surface area contributed by atoms with Crippen LogP contribution in [0, 0.1) is 5.92 Å². The SMILES string of the molecule is CC(C)CC(CN)c1nc2cc(Br)ccc2s1. The Kier molecular flexibility index (Phi) is 4.17. The minimum absolute atomic E-state index is 0.395. The van der Waals surface area contributed by atoms with Crippen molar-refractivity contribution in [1.29, 1.82) is 0 Å². The van der Waals surface area contributed by atoms with Crippen LogP contribution in [0.2, 0.25) is 0 Å². The predicted octanol–water partition coefficient (Wildman–Crippen LogP) is 4.15. The molecule has 2 aromatic rings. The first kappa shape index (κ1) is 13.0. The Hall–Kier alpha value is -0.450. The van der Waals surface area contributed by atoms with E-state index >= 15 is 0 Å². The average molecular weight is 313 g/mol. The van der Waals surface area contributed by atoms with Crippen molar-refractivity contribution in [2.24, 2.45) is 11.7 Å². The molecule has 0 aliphatic heterocycles. The summed E-state index contributed by atoms with van der Waals surface area (Å²) in [5, 5.41) is 1.18. The lowest BCUT2D eigenvalue weighted by atomic mass is 9.98. The van der Waals surface area contributed by atoms with Gasteiger partial charge in [0, 0.05) is 16.9 Å². The van der Waals surface area contributed by atoms with Gasteiger partial charge in [-0.05, 0) is 30.5 Å². The number of benzene rings is 1. The van der Waals surface area contributed by atoms with Crippen LogP contribution in [0.3, 0.4) is 0 Å². The minimum atomic E-state index is 0.395. The Labute approximate surface area is 114 Å². The Bertz CT molecular complexity index is 507. The summed E-state index contributed by atoms with van der Waals surface area (Å²) in [5.74, 6) is 1.05. The maximum Gasteiger partial charge on any atom is 0.0982 e. The van der Waals surface area contributed by atoms with E-state index in [2.05, 4.69) is 48.0 Å². The van der Waals surface area contributed by atoms with Gasteiger partial charge in [-0.25, -0.2) is 4.98 Å². The Morgan fingerprint density at radius 1 is 1.41 bits per heavy atom. The summed E-state index contributed by atoms with van der Waals surface area (Å²) in [4.78, 5) is 4.71. The molecule has 92 valence electrons. The molecular formula is C13H17BrN2S. The summed E-state index contributed by atoms with van der Waals surface area (Å²) in [7, 11) is 0. The number of fused-ring (bicyclic) bond motifs is 1. The van der Waals surface area contributed by atoms with Crippen molar-refractivity contribution in [3.63, 3.8) is 0 Å². The molecular weight excluding hydrogens is 296 g/mol. The number of halogens is 1. The summed E-state index contributed by atoms with van der Waals surface area (Å²) in [6.07, 6.45) is 1.11. The molecule has 0 radical (unpaired) electrons. The van der Waals surface area contributed by atoms with Gasteiger partial charge in [0.25, 0.3) is 0 Å². The molecule has 0 saturated carbocycles. The monoisotopic (exact) mass is 312 g/mol. The zero-order valence-electron chi connectivity index (χ0n) is 10.1. The van der Waals surface area contributed by atoms with Gasteiger partial charge in [-0.3, -0.25) is 0 Å². The fourth-order valence-electron chi connectivity index (χ4n) is 1.96. The molecule has 1 atom stereocenters. The molecule has 2 N–H and O–H groups in total. The molecule has 0 amide bonds. The number of nitrogens with zero attached hydrogens (tertiary/aromatic N) is 1. The number of hydrogen-bond donors (Lipinski definition) is 1. The topological polar surface area (TPSA) is 38.9 Å². The molecule has 17 heavy (non-hydrogen) atoms. The maximum absolute atomic E-state index is 5.86. The minimum Gasteiger partial charge on any atom is -0.330 e. The van der Waals surface area contributed by atoms with E-state index in [0.717, 1.165) is 16.4 Å². The van der Waals surface area contributed by atoms with Gasteiger partial charge in [0.05, 0.1) is 15.2 Å². The second kappa shape index (κ2) is 5.46. The highest BCUT2D eigenvalue weighted by atomic mass is 79.9. The van der Waals surface area contributed by atoms with E-state index in [1.165, 1.54) is 9.71 Å². The molecule has 0 saturated heterocycles. The third-order valence-electron chi connectivity index (χ3n) is 2.76. The van der Waals surface area contributed by atoms with Crippen molar-refractivity contribution in [1.82, 2.24) is 4.98 Å². The molecule has 2 nitrogen and oxygen atoms in total. The lowest BCUT2D eigenvalue weighted by Crippen LogP contribution is -2.14. The van der Waals surface area contributed by atoms with Crippen molar-refractivity contribution in [3.05, 3.63) is 27.7 Å². The Morgan fingerprint density at radius 2 is 2.18 bits per heavy atom. The van der Waals surface area contributed by atoms with Crippen LogP contribution >= 0.6 is 27.3 Å². The highest BCUT2D eigenvalue weighted by Gasteiger charge is 2.16. The van der Waals surface area contributed by atoms with Gasteiger partial charge in [-0.2, -0.15) is 0 Å². The van der Waals surface area contributed by atoms with Crippen molar-refractivity contribution >= 4 is 37.5 Å². The lowest BCUT2D eigenvalue weighted by Gasteiger charge is -2.13. The standard InChI is InChI=1S/C13H17BrN2S/c1-8(2)5-9(7-15)13-16-11-6-10(14)3-4-12(11)17-13/h3-4,6,8-9H,5,7,15H2,1-2H3. The van der Waals surface area contributed by atoms with Crippen LogP contribution in [0.1, 0.15) is 31.2 Å². The van der Waals surface area contributed by atoms with Crippen molar-refractivity contribution < 1.29 is 0 Å².